The fourth-order valence-corrected chi connectivity index (χ4v) is 5.16. The van der Waals surface area contributed by atoms with E-state index in [-0.39, 0.29) is 5.92 Å². The fraction of sp³-hybridized carbons (Fsp3) is 0.357. The van der Waals surface area contributed by atoms with E-state index in [9.17, 15) is 4.79 Å². The molecule has 1 atom stereocenters. The Morgan fingerprint density at radius 1 is 1.05 bits per heavy atom. The van der Waals surface area contributed by atoms with Gasteiger partial charge in [0.2, 0.25) is 0 Å². The van der Waals surface area contributed by atoms with Gasteiger partial charge in [-0.3, -0.25) is 0 Å². The Hall–Kier alpha value is -2.88. The number of urea groups is 1. The quantitative estimate of drug-likeness (QED) is 0.278. The number of nitrogens with zero attached hydrogens (tertiary/aromatic N) is 2. The Morgan fingerprint density at radius 3 is 2.61 bits per heavy atom. The van der Waals surface area contributed by atoms with Gasteiger partial charge in [-0.2, -0.15) is 0 Å². The molecule has 0 saturated heterocycles. The molecule has 0 fully saturated rings. The molecule has 1 aliphatic heterocycles. The Balaban J connectivity index is 1.34. The number of amides is 2. The number of aromatic nitrogens is 1. The standard InChI is InChI=1S/C28H33Cl2N5O3/c1-35-17-24(23-15-22(29)16-26(30)25(23)18-35)21-4-2-3-19(13-21)20-5-6-32-27(14-20)33-7-9-37-11-12-38-10-8-34-28(31)36/h2-6,13-16,24H,7-12,17-18H2,1H3,(H,32,33)(H3,31,34,36)/t24-/m0/s1. The molecule has 0 radical (unpaired) electrons. The number of hydrogen-bond donors (Lipinski definition) is 3. The van der Waals surface area contributed by atoms with E-state index in [1.807, 2.05) is 24.4 Å². The van der Waals surface area contributed by atoms with Crippen LogP contribution in [-0.2, 0) is 16.0 Å². The van der Waals surface area contributed by atoms with Crippen LogP contribution in [-0.4, -0.2) is 69.0 Å². The van der Waals surface area contributed by atoms with Crippen LogP contribution in [0.4, 0.5) is 10.6 Å². The molecule has 3 aromatic rings. The Morgan fingerprint density at radius 2 is 1.82 bits per heavy atom. The lowest BCUT2D eigenvalue weighted by atomic mass is 9.84. The largest absolute Gasteiger partial charge is 0.377 e. The Kier molecular flexibility index (Phi) is 10.2. The van der Waals surface area contributed by atoms with Gasteiger partial charge in [-0.1, -0.05) is 47.5 Å². The summed E-state index contributed by atoms with van der Waals surface area (Å²) in [7, 11) is 2.12. The van der Waals surface area contributed by atoms with Crippen molar-refractivity contribution in [1.29, 1.82) is 0 Å². The Bertz CT molecular complexity index is 1240. The predicted molar refractivity (Wildman–Crippen MR) is 152 cm³/mol. The number of ether oxygens (including phenoxy) is 2. The number of nitrogens with two attached hydrogens (primary N) is 1. The smallest absolute Gasteiger partial charge is 0.312 e. The molecule has 2 heterocycles. The molecule has 2 amide bonds. The van der Waals surface area contributed by atoms with E-state index >= 15 is 0 Å². The lowest BCUT2D eigenvalue weighted by Gasteiger charge is -2.33. The highest BCUT2D eigenvalue weighted by Gasteiger charge is 2.27. The number of carbonyl (C=O) groups excluding carboxylic acids is 1. The molecule has 1 aromatic heterocycles. The maximum absolute atomic E-state index is 10.6. The van der Waals surface area contributed by atoms with Gasteiger partial charge in [0.05, 0.1) is 26.4 Å². The first-order valence-corrected chi connectivity index (χ1v) is 13.3. The number of likely N-dealkylation sites (N-methyl/N-ethyl adjacent to an activating group) is 1. The maximum Gasteiger partial charge on any atom is 0.312 e. The minimum atomic E-state index is -0.556. The van der Waals surface area contributed by atoms with E-state index in [1.165, 1.54) is 11.1 Å². The van der Waals surface area contributed by atoms with Gasteiger partial charge >= 0.3 is 6.03 Å². The summed E-state index contributed by atoms with van der Waals surface area (Å²) in [6.45, 7) is 4.54. The van der Waals surface area contributed by atoms with E-state index in [1.54, 1.807) is 0 Å². The Labute approximate surface area is 233 Å². The predicted octanol–water partition coefficient (Wildman–Crippen LogP) is 4.75. The highest BCUT2D eigenvalue weighted by molar-refractivity contribution is 6.35. The summed E-state index contributed by atoms with van der Waals surface area (Å²) in [5, 5.41) is 7.16. The summed E-state index contributed by atoms with van der Waals surface area (Å²) in [6, 6.07) is 16.0. The normalized spacial score (nSPS) is 15.2. The van der Waals surface area contributed by atoms with Crippen molar-refractivity contribution in [3.05, 3.63) is 81.5 Å². The molecule has 0 spiro atoms. The summed E-state index contributed by atoms with van der Waals surface area (Å²) in [5.41, 5.74) is 10.8. The van der Waals surface area contributed by atoms with Crippen LogP contribution in [0.2, 0.25) is 10.0 Å². The first-order chi connectivity index (χ1) is 18.4. The number of pyridine rings is 1. The summed E-state index contributed by atoms with van der Waals surface area (Å²) in [6.07, 6.45) is 1.81. The molecule has 0 bridgehead atoms. The first kappa shape index (κ1) is 28.1. The van der Waals surface area contributed by atoms with Crippen molar-refractivity contribution in [2.75, 3.05) is 58.4 Å². The van der Waals surface area contributed by atoms with Gasteiger partial charge in [0, 0.05) is 48.3 Å². The third-order valence-electron chi connectivity index (χ3n) is 6.34. The molecule has 2 aromatic carbocycles. The van der Waals surface area contributed by atoms with Crippen molar-refractivity contribution in [3.8, 4) is 11.1 Å². The number of anilines is 1. The van der Waals surface area contributed by atoms with Crippen LogP contribution in [0.5, 0.6) is 0 Å². The molecule has 4 N–H and O–H groups in total. The van der Waals surface area contributed by atoms with Gasteiger partial charge in [0.25, 0.3) is 0 Å². The van der Waals surface area contributed by atoms with Gasteiger partial charge in [-0.15, -0.1) is 0 Å². The molecule has 0 unspecified atom stereocenters. The fourth-order valence-electron chi connectivity index (χ4n) is 4.59. The van der Waals surface area contributed by atoms with Crippen molar-refractivity contribution in [1.82, 2.24) is 15.2 Å². The number of hydrogen-bond acceptors (Lipinski definition) is 6. The van der Waals surface area contributed by atoms with Crippen LogP contribution in [0.25, 0.3) is 11.1 Å². The molecule has 202 valence electrons. The molecule has 4 rings (SSSR count). The third-order valence-corrected chi connectivity index (χ3v) is 6.90. The summed E-state index contributed by atoms with van der Waals surface area (Å²) >= 11 is 12.9. The average Bonchev–Trinajstić information content (AvgIpc) is 2.90. The van der Waals surface area contributed by atoms with E-state index in [0.29, 0.717) is 44.5 Å². The van der Waals surface area contributed by atoms with Crippen LogP contribution in [0, 0.1) is 0 Å². The van der Waals surface area contributed by atoms with Crippen molar-refractivity contribution < 1.29 is 14.3 Å². The van der Waals surface area contributed by atoms with Gasteiger partial charge in [-0.05, 0) is 59.1 Å². The third kappa shape index (κ3) is 7.82. The monoisotopic (exact) mass is 557 g/mol. The number of fused-ring (bicyclic) bond motifs is 1. The van der Waals surface area contributed by atoms with Gasteiger partial charge in [-0.25, -0.2) is 9.78 Å². The van der Waals surface area contributed by atoms with Crippen molar-refractivity contribution in [2.45, 2.75) is 12.5 Å². The molecular weight excluding hydrogens is 525 g/mol. The molecule has 0 saturated carbocycles. The number of halogens is 2. The van der Waals surface area contributed by atoms with Crippen molar-refractivity contribution in [2.24, 2.45) is 5.73 Å². The zero-order valence-corrected chi connectivity index (χ0v) is 22.9. The number of benzene rings is 2. The lowest BCUT2D eigenvalue weighted by molar-refractivity contribution is 0.0533. The van der Waals surface area contributed by atoms with Crippen LogP contribution in [0.3, 0.4) is 0 Å². The van der Waals surface area contributed by atoms with Crippen molar-refractivity contribution >= 4 is 35.1 Å². The summed E-state index contributed by atoms with van der Waals surface area (Å²) < 4.78 is 10.9. The highest BCUT2D eigenvalue weighted by atomic mass is 35.5. The zero-order valence-electron chi connectivity index (χ0n) is 21.4. The summed E-state index contributed by atoms with van der Waals surface area (Å²) in [5.74, 6) is 0.964. The van der Waals surface area contributed by atoms with Crippen LogP contribution >= 0.6 is 23.2 Å². The van der Waals surface area contributed by atoms with Crippen LogP contribution < -0.4 is 16.4 Å². The second-order valence-corrected chi connectivity index (χ2v) is 10.0. The molecular formula is C28H33Cl2N5O3. The number of rotatable bonds is 12. The van der Waals surface area contributed by atoms with E-state index in [2.05, 4.69) is 57.9 Å². The summed E-state index contributed by atoms with van der Waals surface area (Å²) in [4.78, 5) is 17.3. The average molecular weight is 559 g/mol. The molecule has 0 aliphatic carbocycles. The van der Waals surface area contributed by atoms with E-state index in [0.717, 1.165) is 40.6 Å². The number of nitrogens with one attached hydrogen (secondary N) is 2. The van der Waals surface area contributed by atoms with Gasteiger partial charge in [0.15, 0.2) is 0 Å². The highest BCUT2D eigenvalue weighted by Crippen LogP contribution is 2.39. The lowest BCUT2D eigenvalue weighted by Crippen LogP contribution is -2.32. The number of primary amides is 1. The van der Waals surface area contributed by atoms with Gasteiger partial charge in [0.1, 0.15) is 5.82 Å². The molecule has 10 heteroatoms. The first-order valence-electron chi connectivity index (χ1n) is 12.6. The maximum atomic E-state index is 10.6. The molecule has 1 aliphatic rings. The molecule has 38 heavy (non-hydrogen) atoms. The topological polar surface area (TPSA) is 102 Å². The molecule has 8 nitrogen and oxygen atoms in total. The number of carbonyl (C=O) groups is 1. The zero-order chi connectivity index (χ0) is 26.9. The minimum absolute atomic E-state index is 0.180. The van der Waals surface area contributed by atoms with Crippen molar-refractivity contribution in [3.63, 3.8) is 0 Å². The van der Waals surface area contributed by atoms with Crippen LogP contribution in [0.1, 0.15) is 22.6 Å². The minimum Gasteiger partial charge on any atom is -0.377 e. The van der Waals surface area contributed by atoms with Gasteiger partial charge < -0.3 is 30.7 Å². The van der Waals surface area contributed by atoms with E-state index in [4.69, 9.17) is 38.4 Å². The second-order valence-electron chi connectivity index (χ2n) is 9.20. The second kappa shape index (κ2) is 13.8. The SMILES string of the molecule is CN1Cc2c(Cl)cc(Cl)cc2[C@H](c2cccc(-c3ccnc(NCCOCCOCCNC(N)=O)c3)c2)C1. The van der Waals surface area contributed by atoms with E-state index < -0.39 is 6.03 Å². The van der Waals surface area contributed by atoms with Crippen LogP contribution in [0.15, 0.2) is 54.7 Å².